The number of nitrogens with one attached hydrogen (secondary N) is 3. The molecule has 0 spiro atoms. The first kappa shape index (κ1) is 29.5. The summed E-state index contributed by atoms with van der Waals surface area (Å²) in [7, 11) is 0. The number of carboxylic acid groups (broad SMARTS) is 1. The molecule has 2 radical (unpaired) electrons. The minimum absolute atomic E-state index is 0. The van der Waals surface area contributed by atoms with Crippen molar-refractivity contribution in [2.45, 2.75) is 25.4 Å². The number of primary amides is 1. The largest absolute Gasteiger partial charge is 0.480 e. The van der Waals surface area contributed by atoms with Gasteiger partial charge in [-0.2, -0.15) is 4.98 Å². The number of benzene rings is 1. The fourth-order valence-corrected chi connectivity index (χ4v) is 2.77. The predicted molar refractivity (Wildman–Crippen MR) is 125 cm³/mol. The molecule has 2 aromatic heterocycles. The zero-order chi connectivity index (χ0) is 23.3. The molecule has 8 N–H and O–H groups in total. The number of hydrogen-bond acceptors (Lipinski definition) is 9. The SMILES string of the molecule is NC(=O)CC[C@H](NC(=O)c1ccc(NCc2cnc3nc(N)[nH]c(=O)c3n2)cc1)C(=O)O.[Na].[Na]. The summed E-state index contributed by atoms with van der Waals surface area (Å²) in [4.78, 5) is 60.9. The molecule has 0 unspecified atom stereocenters. The van der Waals surface area contributed by atoms with Gasteiger partial charge in [0.2, 0.25) is 11.9 Å². The number of aliphatic carboxylic acids is 1. The van der Waals surface area contributed by atoms with Crippen LogP contribution in [-0.2, 0) is 16.1 Å². The second-order valence-electron chi connectivity index (χ2n) is 6.78. The third-order valence-electron chi connectivity index (χ3n) is 4.39. The molecule has 168 valence electrons. The Bertz CT molecular complexity index is 1240. The molecule has 0 aliphatic heterocycles. The van der Waals surface area contributed by atoms with Crippen molar-refractivity contribution >= 4 is 99.7 Å². The summed E-state index contributed by atoms with van der Waals surface area (Å²) < 4.78 is 0. The molecule has 34 heavy (non-hydrogen) atoms. The van der Waals surface area contributed by atoms with Crippen molar-refractivity contribution < 1.29 is 19.5 Å². The molecule has 2 amide bonds. The number of hydrogen-bond donors (Lipinski definition) is 6. The van der Waals surface area contributed by atoms with Crippen LogP contribution in [-0.4, -0.2) is 108 Å². The van der Waals surface area contributed by atoms with Gasteiger partial charge in [-0.3, -0.25) is 19.4 Å². The molecule has 13 nitrogen and oxygen atoms in total. The maximum Gasteiger partial charge on any atom is 0.326 e. The number of aromatic nitrogens is 4. The van der Waals surface area contributed by atoms with Gasteiger partial charge < -0.3 is 27.2 Å². The third kappa shape index (κ3) is 8.04. The molecule has 0 fully saturated rings. The van der Waals surface area contributed by atoms with Gasteiger partial charge in [0, 0.05) is 76.8 Å². The maximum atomic E-state index is 12.3. The first-order chi connectivity index (χ1) is 15.2. The van der Waals surface area contributed by atoms with Crippen LogP contribution in [0.3, 0.4) is 0 Å². The molecular weight excluding hydrogens is 466 g/mol. The van der Waals surface area contributed by atoms with Crippen molar-refractivity contribution in [2.24, 2.45) is 5.73 Å². The van der Waals surface area contributed by atoms with E-state index in [2.05, 4.69) is 30.6 Å². The minimum Gasteiger partial charge on any atom is -0.480 e. The van der Waals surface area contributed by atoms with Gasteiger partial charge in [0.15, 0.2) is 11.2 Å². The number of nitrogens with two attached hydrogens (primary N) is 2. The maximum absolute atomic E-state index is 12.3. The predicted octanol–water partition coefficient (Wildman–Crippen LogP) is -1.41. The van der Waals surface area contributed by atoms with Gasteiger partial charge in [-0.05, 0) is 30.7 Å². The van der Waals surface area contributed by atoms with Gasteiger partial charge in [0.05, 0.1) is 18.4 Å². The summed E-state index contributed by atoms with van der Waals surface area (Å²) >= 11 is 0. The summed E-state index contributed by atoms with van der Waals surface area (Å²) in [6.45, 7) is 0.243. The van der Waals surface area contributed by atoms with E-state index < -0.39 is 29.4 Å². The zero-order valence-corrected chi connectivity index (χ0v) is 22.7. The first-order valence-corrected chi connectivity index (χ1v) is 9.40. The number of fused-ring (bicyclic) bond motifs is 1. The van der Waals surface area contributed by atoms with Gasteiger partial charge in [0.25, 0.3) is 11.5 Å². The standard InChI is InChI=1S/C19H20N8O5.2Na/c20-13(28)6-5-12(18(31)32)25-16(29)9-1-3-10(4-2-9)22-7-11-8-23-15-14(24-11)17(30)27-19(21)26-15;;/h1-4,8,12,22H,5-7H2,(H2,20,28)(H,25,29)(H,31,32)(H3,21,23,26,27,30);;/t12-;;/m0../s1. The molecular formula is C19H20N8Na2O5. The number of rotatable bonds is 9. The van der Waals surface area contributed by atoms with Crippen LogP contribution in [0.25, 0.3) is 11.2 Å². The van der Waals surface area contributed by atoms with Crippen molar-refractivity contribution in [1.29, 1.82) is 0 Å². The van der Waals surface area contributed by atoms with Crippen molar-refractivity contribution in [1.82, 2.24) is 25.3 Å². The van der Waals surface area contributed by atoms with E-state index in [1.165, 1.54) is 18.3 Å². The molecule has 3 rings (SSSR count). The zero-order valence-electron chi connectivity index (χ0n) is 18.7. The number of aromatic amines is 1. The molecule has 0 saturated carbocycles. The van der Waals surface area contributed by atoms with Gasteiger partial charge in [-0.1, -0.05) is 0 Å². The van der Waals surface area contributed by atoms with E-state index in [1.807, 2.05) is 0 Å². The average Bonchev–Trinajstić information content (AvgIpc) is 2.75. The van der Waals surface area contributed by atoms with Gasteiger partial charge in [-0.25, -0.2) is 14.8 Å². The molecule has 1 aromatic carbocycles. The summed E-state index contributed by atoms with van der Waals surface area (Å²) in [5.74, 6) is -2.55. The monoisotopic (exact) mass is 486 g/mol. The first-order valence-electron chi connectivity index (χ1n) is 9.40. The van der Waals surface area contributed by atoms with Crippen molar-refractivity contribution in [3.05, 3.63) is 52.1 Å². The van der Waals surface area contributed by atoms with E-state index in [9.17, 15) is 24.3 Å². The van der Waals surface area contributed by atoms with Crippen LogP contribution in [0.4, 0.5) is 11.6 Å². The van der Waals surface area contributed by atoms with E-state index >= 15 is 0 Å². The number of carbonyl (C=O) groups excluding carboxylic acids is 2. The second-order valence-corrected chi connectivity index (χ2v) is 6.78. The van der Waals surface area contributed by atoms with Gasteiger partial charge in [-0.15, -0.1) is 0 Å². The number of anilines is 2. The third-order valence-corrected chi connectivity index (χ3v) is 4.39. The van der Waals surface area contributed by atoms with Crippen molar-refractivity contribution in [3.63, 3.8) is 0 Å². The number of nitrogens with zero attached hydrogens (tertiary/aromatic N) is 3. The number of H-pyrrole nitrogens is 1. The summed E-state index contributed by atoms with van der Waals surface area (Å²) in [6.07, 6.45) is 1.20. The second kappa shape index (κ2) is 13.4. The van der Waals surface area contributed by atoms with E-state index in [0.29, 0.717) is 11.4 Å². The topological polar surface area (TPSA) is 219 Å². The summed E-state index contributed by atoms with van der Waals surface area (Å²) in [5.41, 5.74) is 11.6. The van der Waals surface area contributed by atoms with Crippen molar-refractivity contribution in [3.8, 4) is 0 Å². The quantitative estimate of drug-likeness (QED) is 0.194. The number of nitrogen functional groups attached to an aromatic ring is 1. The van der Waals surface area contributed by atoms with Crippen LogP contribution in [0.15, 0.2) is 35.3 Å². The Morgan fingerprint density at radius 3 is 2.41 bits per heavy atom. The molecule has 0 aliphatic carbocycles. The normalized spacial score (nSPS) is 10.9. The smallest absolute Gasteiger partial charge is 0.326 e. The Labute approximate surface area is 237 Å². The number of carbonyl (C=O) groups is 3. The van der Waals surface area contributed by atoms with Crippen molar-refractivity contribution in [2.75, 3.05) is 11.1 Å². The molecule has 2 heterocycles. The minimum atomic E-state index is -1.26. The van der Waals surface area contributed by atoms with Crippen LogP contribution >= 0.6 is 0 Å². The van der Waals surface area contributed by atoms with E-state index in [4.69, 9.17) is 11.5 Å². The average molecular weight is 486 g/mol. The number of amides is 2. The fraction of sp³-hybridized carbons (Fsp3) is 0.211. The number of carboxylic acids is 1. The molecule has 0 saturated heterocycles. The Hall–Kier alpha value is -2.55. The van der Waals surface area contributed by atoms with Crippen LogP contribution < -0.4 is 27.7 Å². The Morgan fingerprint density at radius 1 is 1.12 bits per heavy atom. The Morgan fingerprint density at radius 2 is 1.79 bits per heavy atom. The van der Waals surface area contributed by atoms with Gasteiger partial charge in [0.1, 0.15) is 6.04 Å². The molecule has 3 aromatic rings. The molecule has 0 bridgehead atoms. The Kier molecular flexibility index (Phi) is 11.6. The fourth-order valence-electron chi connectivity index (χ4n) is 2.77. The molecule has 1 atom stereocenters. The molecule has 15 heteroatoms. The van der Waals surface area contributed by atoms with E-state index in [-0.39, 0.29) is 101 Å². The Balaban J connectivity index is 0.00000289. The van der Waals surface area contributed by atoms with Crippen LogP contribution in [0, 0.1) is 0 Å². The van der Waals surface area contributed by atoms with Gasteiger partial charge >= 0.3 is 5.97 Å². The van der Waals surface area contributed by atoms with E-state index in [1.54, 1.807) is 12.1 Å². The van der Waals surface area contributed by atoms with Crippen LogP contribution in [0.2, 0.25) is 0 Å². The molecule has 0 aliphatic rings. The van der Waals surface area contributed by atoms with Crippen LogP contribution in [0.1, 0.15) is 28.9 Å². The van der Waals surface area contributed by atoms with Crippen LogP contribution in [0.5, 0.6) is 0 Å². The van der Waals surface area contributed by atoms with E-state index in [0.717, 1.165) is 0 Å². The summed E-state index contributed by atoms with van der Waals surface area (Å²) in [6, 6.07) is 5.03. The summed E-state index contributed by atoms with van der Waals surface area (Å²) in [5, 5.41) is 14.6.